The van der Waals surface area contributed by atoms with Gasteiger partial charge in [-0.3, -0.25) is 4.79 Å². The van der Waals surface area contributed by atoms with Crippen molar-refractivity contribution in [3.05, 3.63) is 75.3 Å². The number of thioether (sulfide) groups is 1. The van der Waals surface area contributed by atoms with Gasteiger partial charge in [-0.05, 0) is 59.9 Å². The van der Waals surface area contributed by atoms with Gasteiger partial charge in [0.1, 0.15) is 5.41 Å². The van der Waals surface area contributed by atoms with Crippen LogP contribution in [0, 0.1) is 6.92 Å². The first-order valence-corrected chi connectivity index (χ1v) is 11.8. The molecule has 0 radical (unpaired) electrons. The largest absolute Gasteiger partial charge is 0.399 e. The standard InChI is InChI=1S/C23H23Cl2F3N2OS/c1-13-5-15(3-4-20(13)21(31)30-19-10-32-11-19)14(2)9-22(12-29,23(26,27)28)16-6-17(24)8-18(25)7-16/h3-8,19H,2,9-12,29H2,1H3,(H,30,31). The lowest BCUT2D eigenvalue weighted by molar-refractivity contribution is -0.186. The number of carbonyl (C=O) groups excluding carboxylic acids is 1. The smallest absolute Gasteiger partial charge is 0.348 e. The second-order valence-electron chi connectivity index (χ2n) is 7.96. The Balaban J connectivity index is 1.91. The molecule has 32 heavy (non-hydrogen) atoms. The summed E-state index contributed by atoms with van der Waals surface area (Å²) in [6.45, 7) is 4.95. The molecule has 0 bridgehead atoms. The van der Waals surface area contributed by atoms with Crippen molar-refractivity contribution in [2.45, 2.75) is 31.0 Å². The van der Waals surface area contributed by atoms with Crippen LogP contribution in [-0.4, -0.2) is 36.2 Å². The van der Waals surface area contributed by atoms with E-state index in [-0.39, 0.29) is 33.1 Å². The summed E-state index contributed by atoms with van der Waals surface area (Å²) in [5, 5.41) is 3.14. The van der Waals surface area contributed by atoms with Gasteiger partial charge in [-0.1, -0.05) is 41.9 Å². The van der Waals surface area contributed by atoms with Gasteiger partial charge in [0.15, 0.2) is 0 Å². The molecule has 1 aliphatic rings. The van der Waals surface area contributed by atoms with E-state index in [1.807, 2.05) is 0 Å². The van der Waals surface area contributed by atoms with Crippen LogP contribution in [0.2, 0.25) is 10.0 Å². The summed E-state index contributed by atoms with van der Waals surface area (Å²) < 4.78 is 43.0. The highest BCUT2D eigenvalue weighted by Gasteiger charge is 2.55. The normalized spacial score (nSPS) is 16.2. The Morgan fingerprint density at radius 1 is 1.19 bits per heavy atom. The van der Waals surface area contributed by atoms with Crippen molar-refractivity contribution >= 4 is 46.4 Å². The fourth-order valence-electron chi connectivity index (χ4n) is 3.69. The van der Waals surface area contributed by atoms with Crippen molar-refractivity contribution in [1.29, 1.82) is 0 Å². The minimum atomic E-state index is -4.67. The molecule has 1 heterocycles. The Morgan fingerprint density at radius 3 is 2.28 bits per heavy atom. The minimum Gasteiger partial charge on any atom is -0.348 e. The average Bonchev–Trinajstić information content (AvgIpc) is 2.66. The van der Waals surface area contributed by atoms with Gasteiger partial charge in [-0.2, -0.15) is 24.9 Å². The Bertz CT molecular complexity index is 1020. The van der Waals surface area contributed by atoms with E-state index in [0.717, 1.165) is 11.5 Å². The van der Waals surface area contributed by atoms with Crippen molar-refractivity contribution < 1.29 is 18.0 Å². The number of hydrogen-bond donors (Lipinski definition) is 2. The number of allylic oxidation sites excluding steroid dienone is 1. The van der Waals surface area contributed by atoms with Crippen molar-refractivity contribution in [3.8, 4) is 0 Å². The van der Waals surface area contributed by atoms with E-state index in [1.54, 1.807) is 36.9 Å². The monoisotopic (exact) mass is 502 g/mol. The van der Waals surface area contributed by atoms with Gasteiger partial charge >= 0.3 is 6.18 Å². The Morgan fingerprint density at radius 2 is 1.81 bits per heavy atom. The van der Waals surface area contributed by atoms with Gasteiger partial charge in [0.2, 0.25) is 0 Å². The number of aryl methyl sites for hydroxylation is 1. The molecule has 0 spiro atoms. The fraction of sp³-hybridized carbons (Fsp3) is 0.348. The van der Waals surface area contributed by atoms with Crippen LogP contribution < -0.4 is 11.1 Å². The van der Waals surface area contributed by atoms with Crippen LogP contribution in [0.3, 0.4) is 0 Å². The summed E-state index contributed by atoms with van der Waals surface area (Å²) in [6, 6.07) is 8.90. The van der Waals surface area contributed by atoms with E-state index < -0.39 is 24.6 Å². The van der Waals surface area contributed by atoms with E-state index in [2.05, 4.69) is 11.9 Å². The minimum absolute atomic E-state index is 0.0938. The number of carbonyl (C=O) groups is 1. The molecule has 9 heteroatoms. The summed E-state index contributed by atoms with van der Waals surface area (Å²) in [7, 11) is 0. The van der Waals surface area contributed by atoms with Crippen LogP contribution in [0.4, 0.5) is 13.2 Å². The Kier molecular flexibility index (Phi) is 7.55. The van der Waals surface area contributed by atoms with E-state index in [4.69, 9.17) is 28.9 Å². The lowest BCUT2D eigenvalue weighted by Crippen LogP contribution is -2.48. The van der Waals surface area contributed by atoms with Crippen LogP contribution in [0.15, 0.2) is 43.0 Å². The molecule has 2 aromatic carbocycles. The SMILES string of the molecule is C=C(CC(CN)(c1cc(Cl)cc(Cl)c1)C(F)(F)F)c1ccc(C(=O)NC2CSC2)c(C)c1. The van der Waals surface area contributed by atoms with Crippen LogP contribution in [0.5, 0.6) is 0 Å². The number of nitrogens with one attached hydrogen (secondary N) is 1. The molecule has 0 aromatic heterocycles. The topological polar surface area (TPSA) is 55.1 Å². The van der Waals surface area contributed by atoms with Crippen LogP contribution in [0.25, 0.3) is 5.57 Å². The number of alkyl halides is 3. The third-order valence-electron chi connectivity index (χ3n) is 5.67. The Hall–Kier alpha value is -1.67. The van der Waals surface area contributed by atoms with E-state index >= 15 is 0 Å². The van der Waals surface area contributed by atoms with Crippen molar-refractivity contribution in [2.75, 3.05) is 18.1 Å². The first-order valence-electron chi connectivity index (χ1n) is 9.87. The molecule has 0 aliphatic carbocycles. The van der Waals surface area contributed by atoms with Gasteiger partial charge in [0, 0.05) is 39.7 Å². The number of halogens is 5. The lowest BCUT2D eigenvalue weighted by atomic mass is 9.73. The number of hydrogen-bond acceptors (Lipinski definition) is 3. The Labute approximate surface area is 199 Å². The van der Waals surface area contributed by atoms with Gasteiger partial charge in [0.25, 0.3) is 5.91 Å². The van der Waals surface area contributed by atoms with Crippen LogP contribution >= 0.6 is 35.0 Å². The highest BCUT2D eigenvalue weighted by Crippen LogP contribution is 2.47. The molecule has 3 rings (SSSR count). The summed E-state index contributed by atoms with van der Waals surface area (Å²) in [6.07, 6.45) is -5.15. The van der Waals surface area contributed by atoms with Crippen LogP contribution in [-0.2, 0) is 5.41 Å². The number of rotatable bonds is 7. The molecule has 1 saturated heterocycles. The van der Waals surface area contributed by atoms with E-state index in [1.165, 1.54) is 18.2 Å². The van der Waals surface area contributed by atoms with Crippen molar-refractivity contribution in [1.82, 2.24) is 5.32 Å². The maximum Gasteiger partial charge on any atom is 0.399 e. The first-order chi connectivity index (χ1) is 15.0. The maximum absolute atomic E-state index is 14.3. The van der Waals surface area contributed by atoms with Gasteiger partial charge < -0.3 is 11.1 Å². The third kappa shape index (κ3) is 5.11. The van der Waals surface area contributed by atoms with Crippen molar-refractivity contribution in [2.24, 2.45) is 5.73 Å². The summed E-state index contributed by atoms with van der Waals surface area (Å²) in [5.74, 6) is 1.57. The molecule has 0 saturated carbocycles. The maximum atomic E-state index is 14.3. The summed E-state index contributed by atoms with van der Waals surface area (Å²) in [4.78, 5) is 12.5. The molecule has 1 amide bonds. The molecule has 2 aromatic rings. The fourth-order valence-corrected chi connectivity index (χ4v) is 4.85. The van der Waals surface area contributed by atoms with Crippen LogP contribution in [0.1, 0.15) is 33.5 Å². The number of nitrogens with two attached hydrogens (primary N) is 1. The van der Waals surface area contributed by atoms with Gasteiger partial charge in [-0.15, -0.1) is 0 Å². The predicted molar refractivity (Wildman–Crippen MR) is 127 cm³/mol. The predicted octanol–water partition coefficient (Wildman–Crippen LogP) is 6.01. The molecule has 3 N–H and O–H groups in total. The van der Waals surface area contributed by atoms with E-state index in [9.17, 15) is 18.0 Å². The lowest BCUT2D eigenvalue weighted by Gasteiger charge is -2.36. The zero-order chi connectivity index (χ0) is 23.7. The van der Waals surface area contributed by atoms with Gasteiger partial charge in [-0.25, -0.2) is 0 Å². The summed E-state index contributed by atoms with van der Waals surface area (Å²) in [5.41, 5.74) is 5.08. The summed E-state index contributed by atoms with van der Waals surface area (Å²) >= 11 is 13.7. The number of amides is 1. The second-order valence-corrected chi connectivity index (χ2v) is 9.91. The zero-order valence-electron chi connectivity index (χ0n) is 17.4. The van der Waals surface area contributed by atoms with Gasteiger partial charge in [0.05, 0.1) is 0 Å². The highest BCUT2D eigenvalue weighted by atomic mass is 35.5. The first kappa shape index (κ1) is 25.0. The molecular formula is C23H23Cl2F3N2OS. The molecular weight excluding hydrogens is 480 g/mol. The third-order valence-corrected chi connectivity index (χ3v) is 7.39. The van der Waals surface area contributed by atoms with E-state index in [0.29, 0.717) is 16.7 Å². The van der Waals surface area contributed by atoms with Crippen molar-refractivity contribution in [3.63, 3.8) is 0 Å². The molecule has 3 nitrogen and oxygen atoms in total. The zero-order valence-corrected chi connectivity index (χ0v) is 19.7. The average molecular weight is 503 g/mol. The molecule has 1 unspecified atom stereocenters. The molecule has 172 valence electrons. The molecule has 1 fully saturated rings. The molecule has 1 aliphatic heterocycles. The second kappa shape index (κ2) is 9.67. The number of benzene rings is 2. The quantitative estimate of drug-likeness (QED) is 0.487. The highest BCUT2D eigenvalue weighted by molar-refractivity contribution is 8.00. The molecule has 1 atom stereocenters.